The number of hydrazine groups is 2. The zero-order chi connectivity index (χ0) is 17.5. The van der Waals surface area contributed by atoms with Crippen molar-refractivity contribution in [1.29, 1.82) is 0 Å². The smallest absolute Gasteiger partial charge is 0.188 e. The number of hydrogen-bond acceptors (Lipinski definition) is 10. The number of nitrogens with zero attached hydrogens (tertiary/aromatic N) is 5. The summed E-state index contributed by atoms with van der Waals surface area (Å²) in [6.07, 6.45) is 1.84. The van der Waals surface area contributed by atoms with Crippen molar-refractivity contribution in [2.45, 2.75) is 6.92 Å². The van der Waals surface area contributed by atoms with Gasteiger partial charge in [-0.1, -0.05) is 0 Å². The summed E-state index contributed by atoms with van der Waals surface area (Å²) in [6.45, 7) is 8.83. The van der Waals surface area contributed by atoms with Gasteiger partial charge in [-0.05, 0) is 6.92 Å². The molecule has 140 valence electrons. The number of ether oxygens (including phenoxy) is 2. The fourth-order valence-corrected chi connectivity index (χ4v) is 2.74. The summed E-state index contributed by atoms with van der Waals surface area (Å²) < 4.78 is 10.5. The lowest BCUT2D eigenvalue weighted by atomic mass is 10.3. The standard InChI is InChI=1S/C15H28N8O2/c1-3-24-12-25-9-8-23-20-15(19-21(23)2)13-10-18-14(11-17-13)22-6-4-16-5-7-22/h10,16-17H,3-9,11-12H2,1-2H3,(H,19,20). The summed E-state index contributed by atoms with van der Waals surface area (Å²) in [5, 5.41) is 15.0. The van der Waals surface area contributed by atoms with Crippen LogP contribution in [0.1, 0.15) is 6.92 Å². The first-order valence-electron chi connectivity index (χ1n) is 8.76. The molecule has 0 bridgehead atoms. The van der Waals surface area contributed by atoms with E-state index in [2.05, 4.69) is 31.1 Å². The van der Waals surface area contributed by atoms with Gasteiger partial charge in [-0.25, -0.2) is 10.1 Å². The van der Waals surface area contributed by atoms with Gasteiger partial charge < -0.3 is 25.0 Å². The summed E-state index contributed by atoms with van der Waals surface area (Å²) >= 11 is 0. The first kappa shape index (κ1) is 17.9. The van der Waals surface area contributed by atoms with Crippen LogP contribution in [0.15, 0.2) is 22.0 Å². The fraction of sp³-hybridized carbons (Fsp3) is 0.733. The Kier molecular flexibility index (Phi) is 6.45. The summed E-state index contributed by atoms with van der Waals surface area (Å²) in [6, 6.07) is 0. The second kappa shape index (κ2) is 8.99. The fourth-order valence-electron chi connectivity index (χ4n) is 2.74. The molecule has 3 heterocycles. The predicted molar refractivity (Wildman–Crippen MR) is 95.4 cm³/mol. The molecule has 3 aliphatic heterocycles. The third-order valence-corrected chi connectivity index (χ3v) is 4.15. The number of hydrazone groups is 1. The van der Waals surface area contributed by atoms with Gasteiger partial charge in [-0.15, -0.1) is 10.2 Å². The molecule has 0 radical (unpaired) electrons. The van der Waals surface area contributed by atoms with Gasteiger partial charge in [0.2, 0.25) is 0 Å². The molecule has 3 rings (SSSR count). The first-order chi connectivity index (χ1) is 12.3. The molecular formula is C15H28N8O2. The Balaban J connectivity index is 1.52. The zero-order valence-corrected chi connectivity index (χ0v) is 15.0. The van der Waals surface area contributed by atoms with Crippen molar-refractivity contribution in [3.8, 4) is 0 Å². The Morgan fingerprint density at radius 2 is 2.08 bits per heavy atom. The molecule has 0 aromatic heterocycles. The Hall–Kier alpha value is -1.88. The van der Waals surface area contributed by atoms with E-state index in [9.17, 15) is 0 Å². The van der Waals surface area contributed by atoms with Crippen LogP contribution in [-0.4, -0.2) is 93.1 Å². The SMILES string of the molecule is CCOCOCCN1N=C(C2=CN=C(N3CCNCC3)CN2)NN1C. The average molecular weight is 352 g/mol. The number of amidine groups is 2. The van der Waals surface area contributed by atoms with Gasteiger partial charge in [-0.2, -0.15) is 0 Å². The monoisotopic (exact) mass is 352 g/mol. The molecule has 0 amide bonds. The molecule has 1 saturated heterocycles. The van der Waals surface area contributed by atoms with Crippen molar-refractivity contribution in [3.63, 3.8) is 0 Å². The highest BCUT2D eigenvalue weighted by Gasteiger charge is 2.24. The van der Waals surface area contributed by atoms with Crippen LogP contribution >= 0.6 is 0 Å². The third kappa shape index (κ3) is 4.82. The van der Waals surface area contributed by atoms with E-state index in [0.29, 0.717) is 33.1 Å². The van der Waals surface area contributed by atoms with Gasteiger partial charge in [0.05, 0.1) is 31.6 Å². The molecule has 3 N–H and O–H groups in total. The third-order valence-electron chi connectivity index (χ3n) is 4.15. The van der Waals surface area contributed by atoms with E-state index in [1.54, 1.807) is 0 Å². The molecular weight excluding hydrogens is 324 g/mol. The van der Waals surface area contributed by atoms with E-state index in [0.717, 1.165) is 43.5 Å². The first-order valence-corrected chi connectivity index (χ1v) is 8.76. The average Bonchev–Trinajstić information content (AvgIpc) is 3.03. The van der Waals surface area contributed by atoms with Crippen LogP contribution in [0, 0.1) is 0 Å². The summed E-state index contributed by atoms with van der Waals surface area (Å²) in [5.74, 6) is 1.84. The van der Waals surface area contributed by atoms with Crippen molar-refractivity contribution in [2.75, 3.05) is 66.3 Å². The largest absolute Gasteiger partial charge is 0.373 e. The normalized spacial score (nSPS) is 21.4. The highest BCUT2D eigenvalue weighted by Crippen LogP contribution is 2.09. The molecule has 0 atom stereocenters. The minimum atomic E-state index is 0.314. The van der Waals surface area contributed by atoms with Gasteiger partial charge in [0, 0.05) is 39.8 Å². The summed E-state index contributed by atoms with van der Waals surface area (Å²) in [7, 11) is 1.91. The maximum atomic E-state index is 5.40. The molecule has 0 saturated carbocycles. The number of hydrogen-bond donors (Lipinski definition) is 3. The molecule has 0 aliphatic carbocycles. The molecule has 0 spiro atoms. The summed E-state index contributed by atoms with van der Waals surface area (Å²) in [5.41, 5.74) is 4.11. The molecule has 0 aromatic carbocycles. The van der Waals surface area contributed by atoms with Crippen LogP contribution < -0.4 is 16.1 Å². The Morgan fingerprint density at radius 3 is 2.80 bits per heavy atom. The van der Waals surface area contributed by atoms with E-state index >= 15 is 0 Å². The maximum absolute atomic E-state index is 5.40. The highest BCUT2D eigenvalue weighted by atomic mass is 16.7. The van der Waals surface area contributed by atoms with Crippen LogP contribution in [-0.2, 0) is 9.47 Å². The Morgan fingerprint density at radius 1 is 1.24 bits per heavy atom. The molecule has 3 aliphatic rings. The molecule has 1 fully saturated rings. The molecule has 10 nitrogen and oxygen atoms in total. The predicted octanol–water partition coefficient (Wildman–Crippen LogP) is -1.27. The van der Waals surface area contributed by atoms with Crippen molar-refractivity contribution >= 4 is 11.7 Å². The van der Waals surface area contributed by atoms with Crippen LogP contribution in [0.3, 0.4) is 0 Å². The number of aliphatic imine (C=N–C) groups is 1. The van der Waals surface area contributed by atoms with Crippen molar-refractivity contribution in [1.82, 2.24) is 31.2 Å². The molecule has 0 unspecified atom stereocenters. The van der Waals surface area contributed by atoms with Gasteiger partial charge in [0.25, 0.3) is 0 Å². The van der Waals surface area contributed by atoms with E-state index in [1.165, 1.54) is 0 Å². The lowest BCUT2D eigenvalue weighted by molar-refractivity contribution is -0.0767. The number of piperazine rings is 1. The van der Waals surface area contributed by atoms with E-state index in [1.807, 2.05) is 30.4 Å². The van der Waals surface area contributed by atoms with Crippen LogP contribution in [0.2, 0.25) is 0 Å². The Bertz CT molecular complexity index is 530. The molecule has 25 heavy (non-hydrogen) atoms. The lowest BCUT2D eigenvalue weighted by Gasteiger charge is -2.31. The maximum Gasteiger partial charge on any atom is 0.188 e. The second-order valence-corrected chi connectivity index (χ2v) is 5.88. The number of rotatable bonds is 7. The van der Waals surface area contributed by atoms with Gasteiger partial charge in [0.15, 0.2) is 5.84 Å². The van der Waals surface area contributed by atoms with Crippen LogP contribution in [0.25, 0.3) is 0 Å². The Labute approximate surface area is 148 Å². The molecule has 10 heteroatoms. The zero-order valence-electron chi connectivity index (χ0n) is 15.0. The van der Waals surface area contributed by atoms with Crippen LogP contribution in [0.4, 0.5) is 0 Å². The van der Waals surface area contributed by atoms with Gasteiger partial charge in [0.1, 0.15) is 12.6 Å². The minimum absolute atomic E-state index is 0.314. The topological polar surface area (TPSA) is 89.0 Å². The lowest BCUT2D eigenvalue weighted by Crippen LogP contribution is -2.50. The van der Waals surface area contributed by atoms with E-state index in [4.69, 9.17) is 9.47 Å². The quantitative estimate of drug-likeness (QED) is 0.386. The summed E-state index contributed by atoms with van der Waals surface area (Å²) in [4.78, 5) is 6.93. The van der Waals surface area contributed by atoms with E-state index < -0.39 is 0 Å². The minimum Gasteiger partial charge on any atom is -0.373 e. The van der Waals surface area contributed by atoms with Crippen molar-refractivity contribution in [3.05, 3.63) is 11.9 Å². The highest BCUT2D eigenvalue weighted by molar-refractivity contribution is 6.00. The molecule has 0 aromatic rings. The van der Waals surface area contributed by atoms with E-state index in [-0.39, 0.29) is 0 Å². The van der Waals surface area contributed by atoms with Crippen molar-refractivity contribution in [2.24, 2.45) is 10.1 Å². The number of nitrogens with one attached hydrogen (secondary N) is 3. The second-order valence-electron chi connectivity index (χ2n) is 5.88. The van der Waals surface area contributed by atoms with Gasteiger partial charge >= 0.3 is 0 Å². The van der Waals surface area contributed by atoms with Crippen molar-refractivity contribution < 1.29 is 9.47 Å². The van der Waals surface area contributed by atoms with Gasteiger partial charge in [-0.3, -0.25) is 5.43 Å². The van der Waals surface area contributed by atoms with Crippen LogP contribution in [0.5, 0.6) is 0 Å².